The van der Waals surface area contributed by atoms with E-state index in [4.69, 9.17) is 0 Å². The number of aromatic nitrogens is 2. The van der Waals surface area contributed by atoms with E-state index in [0.717, 1.165) is 28.0 Å². The lowest BCUT2D eigenvalue weighted by Gasteiger charge is -2.32. The van der Waals surface area contributed by atoms with Gasteiger partial charge in [0.25, 0.3) is 0 Å². The van der Waals surface area contributed by atoms with Gasteiger partial charge in [-0.3, -0.25) is 0 Å². The molecule has 18 heavy (non-hydrogen) atoms. The van der Waals surface area contributed by atoms with E-state index >= 15 is 0 Å². The third kappa shape index (κ3) is 1.55. The van der Waals surface area contributed by atoms with E-state index in [0.29, 0.717) is 0 Å². The summed E-state index contributed by atoms with van der Waals surface area (Å²) in [5, 5.41) is 10.4. The maximum absolute atomic E-state index is 10.4. The number of rotatable bonds is 0. The van der Waals surface area contributed by atoms with E-state index in [-0.39, 0.29) is 5.92 Å². The molecule has 3 heteroatoms. The Labute approximate surface area is 106 Å². The first-order valence-corrected chi connectivity index (χ1v) is 6.18. The van der Waals surface area contributed by atoms with Crippen molar-refractivity contribution in [3.8, 4) is 0 Å². The number of fused-ring (bicyclic) bond motifs is 2. The van der Waals surface area contributed by atoms with E-state index in [1.165, 1.54) is 0 Å². The summed E-state index contributed by atoms with van der Waals surface area (Å²) in [6.07, 6.45) is 1.88. The zero-order chi connectivity index (χ0) is 12.9. The lowest BCUT2D eigenvalue weighted by molar-refractivity contribution is 0.0833. The van der Waals surface area contributed by atoms with E-state index < -0.39 is 5.60 Å². The molecule has 1 aromatic heterocycles. The quantitative estimate of drug-likeness (QED) is 0.770. The van der Waals surface area contributed by atoms with Gasteiger partial charge in [-0.1, -0.05) is 19.1 Å². The van der Waals surface area contributed by atoms with Gasteiger partial charge in [-0.25, -0.2) is 9.97 Å². The van der Waals surface area contributed by atoms with E-state index in [9.17, 15) is 5.11 Å². The van der Waals surface area contributed by atoms with Crippen LogP contribution in [-0.2, 0) is 0 Å². The molecule has 3 nitrogen and oxygen atoms in total. The number of hydrogen-bond acceptors (Lipinski definition) is 3. The van der Waals surface area contributed by atoms with Gasteiger partial charge < -0.3 is 5.11 Å². The minimum atomic E-state index is -0.853. The zero-order valence-electron chi connectivity index (χ0n) is 10.8. The maximum atomic E-state index is 10.4. The first-order valence-electron chi connectivity index (χ1n) is 6.18. The van der Waals surface area contributed by atoms with Gasteiger partial charge in [0, 0.05) is 5.92 Å². The monoisotopic (exact) mass is 240 g/mol. The molecule has 3 rings (SSSR count). The SMILES string of the molecule is CC1=CC(C)(O)C(C)c2nc3ccccc3nc21. The van der Waals surface area contributed by atoms with Gasteiger partial charge in [-0.15, -0.1) is 0 Å². The van der Waals surface area contributed by atoms with Crippen LogP contribution in [0.5, 0.6) is 0 Å². The standard InChI is InChI=1S/C15H16N2O/c1-9-8-15(3,18)10(2)14-13(9)16-11-6-4-5-7-12(11)17-14/h4-8,10,18H,1-3H3. The molecule has 0 aliphatic heterocycles. The third-order valence-electron chi connectivity index (χ3n) is 3.77. The highest BCUT2D eigenvalue weighted by atomic mass is 16.3. The molecule has 2 aromatic rings. The second-order valence-corrected chi connectivity index (χ2v) is 5.22. The number of benzene rings is 1. The molecule has 1 aliphatic rings. The Balaban J connectivity index is 2.33. The van der Waals surface area contributed by atoms with Gasteiger partial charge in [0.15, 0.2) is 0 Å². The zero-order valence-corrected chi connectivity index (χ0v) is 10.8. The van der Waals surface area contributed by atoms with Crippen molar-refractivity contribution in [3.05, 3.63) is 41.7 Å². The Kier molecular flexibility index (Phi) is 2.29. The van der Waals surface area contributed by atoms with Crippen molar-refractivity contribution >= 4 is 16.6 Å². The summed E-state index contributed by atoms with van der Waals surface area (Å²) in [5.41, 5.74) is 3.72. The Morgan fingerprint density at radius 1 is 1.17 bits per heavy atom. The van der Waals surface area contributed by atoms with Crippen LogP contribution in [0.15, 0.2) is 30.3 Å². The summed E-state index contributed by atoms with van der Waals surface area (Å²) in [6, 6.07) is 7.84. The normalized spacial score (nSPS) is 26.9. The van der Waals surface area contributed by atoms with Gasteiger partial charge in [-0.2, -0.15) is 0 Å². The summed E-state index contributed by atoms with van der Waals surface area (Å²) in [6.45, 7) is 5.79. The molecule has 0 fully saturated rings. The van der Waals surface area contributed by atoms with Crippen LogP contribution in [-0.4, -0.2) is 20.7 Å². The fourth-order valence-electron chi connectivity index (χ4n) is 2.51. The average Bonchev–Trinajstić information content (AvgIpc) is 2.34. The lowest BCUT2D eigenvalue weighted by Crippen LogP contribution is -2.33. The van der Waals surface area contributed by atoms with E-state index in [1.54, 1.807) is 0 Å². The van der Waals surface area contributed by atoms with Crippen molar-refractivity contribution in [2.24, 2.45) is 0 Å². The maximum Gasteiger partial charge on any atom is 0.0894 e. The summed E-state index contributed by atoms with van der Waals surface area (Å²) < 4.78 is 0. The Morgan fingerprint density at radius 2 is 1.78 bits per heavy atom. The van der Waals surface area contributed by atoms with E-state index in [2.05, 4.69) is 9.97 Å². The van der Waals surface area contributed by atoms with Crippen molar-refractivity contribution in [2.45, 2.75) is 32.3 Å². The number of hydrogen-bond donors (Lipinski definition) is 1. The Morgan fingerprint density at radius 3 is 2.44 bits per heavy atom. The lowest BCUT2D eigenvalue weighted by atomic mass is 9.80. The molecular weight excluding hydrogens is 224 g/mol. The van der Waals surface area contributed by atoms with Crippen molar-refractivity contribution in [1.29, 1.82) is 0 Å². The smallest absolute Gasteiger partial charge is 0.0894 e. The molecule has 0 saturated carbocycles. The highest BCUT2D eigenvalue weighted by Crippen LogP contribution is 2.38. The van der Waals surface area contributed by atoms with Crippen molar-refractivity contribution in [3.63, 3.8) is 0 Å². The molecule has 0 amide bonds. The molecule has 1 N–H and O–H groups in total. The predicted octanol–water partition coefficient (Wildman–Crippen LogP) is 2.90. The van der Waals surface area contributed by atoms with Crippen LogP contribution in [0.1, 0.15) is 38.1 Å². The van der Waals surface area contributed by atoms with Crippen LogP contribution in [0.2, 0.25) is 0 Å². The van der Waals surface area contributed by atoms with Crippen LogP contribution in [0.3, 0.4) is 0 Å². The van der Waals surface area contributed by atoms with Crippen molar-refractivity contribution < 1.29 is 5.11 Å². The van der Waals surface area contributed by atoms with E-state index in [1.807, 2.05) is 51.1 Å². The van der Waals surface area contributed by atoms with Crippen LogP contribution in [0.4, 0.5) is 0 Å². The molecular formula is C15H16N2O. The second kappa shape index (κ2) is 3.62. The summed E-state index contributed by atoms with van der Waals surface area (Å²) in [7, 11) is 0. The van der Waals surface area contributed by atoms with Crippen LogP contribution in [0, 0.1) is 0 Å². The molecule has 1 aliphatic carbocycles. The molecule has 1 heterocycles. The summed E-state index contributed by atoms with van der Waals surface area (Å²) >= 11 is 0. The average molecular weight is 240 g/mol. The first-order chi connectivity index (χ1) is 8.49. The van der Waals surface area contributed by atoms with Gasteiger partial charge >= 0.3 is 0 Å². The highest BCUT2D eigenvalue weighted by Gasteiger charge is 2.35. The topological polar surface area (TPSA) is 46.0 Å². The largest absolute Gasteiger partial charge is 0.385 e. The predicted molar refractivity (Wildman–Crippen MR) is 72.2 cm³/mol. The minimum absolute atomic E-state index is 0.0479. The molecule has 0 bridgehead atoms. The van der Waals surface area contributed by atoms with Gasteiger partial charge in [0.1, 0.15) is 0 Å². The fourth-order valence-corrected chi connectivity index (χ4v) is 2.51. The van der Waals surface area contributed by atoms with Gasteiger partial charge in [0.2, 0.25) is 0 Å². The second-order valence-electron chi connectivity index (χ2n) is 5.22. The molecule has 2 unspecified atom stereocenters. The number of nitrogens with zero attached hydrogens (tertiary/aromatic N) is 2. The van der Waals surface area contributed by atoms with Crippen LogP contribution in [0.25, 0.3) is 16.6 Å². The molecule has 0 saturated heterocycles. The summed E-state index contributed by atoms with van der Waals surface area (Å²) in [4.78, 5) is 9.35. The molecule has 0 spiro atoms. The van der Waals surface area contributed by atoms with Crippen LogP contribution < -0.4 is 0 Å². The van der Waals surface area contributed by atoms with Gasteiger partial charge in [-0.05, 0) is 37.6 Å². The number of aliphatic hydroxyl groups is 1. The number of allylic oxidation sites excluding steroid dienone is 1. The van der Waals surface area contributed by atoms with Crippen LogP contribution >= 0.6 is 0 Å². The molecule has 2 atom stereocenters. The highest BCUT2D eigenvalue weighted by molar-refractivity contribution is 5.78. The molecule has 0 radical (unpaired) electrons. The van der Waals surface area contributed by atoms with Crippen molar-refractivity contribution in [2.75, 3.05) is 0 Å². The number of para-hydroxylation sites is 2. The fraction of sp³-hybridized carbons (Fsp3) is 0.333. The molecule has 92 valence electrons. The van der Waals surface area contributed by atoms with Gasteiger partial charge in [0.05, 0.1) is 28.0 Å². The molecule has 1 aromatic carbocycles. The minimum Gasteiger partial charge on any atom is -0.385 e. The summed E-state index contributed by atoms with van der Waals surface area (Å²) in [5.74, 6) is -0.0479. The Hall–Kier alpha value is -1.74. The first kappa shape index (κ1) is 11.4. The third-order valence-corrected chi connectivity index (χ3v) is 3.77. The van der Waals surface area contributed by atoms with Crippen molar-refractivity contribution in [1.82, 2.24) is 9.97 Å². The Bertz CT molecular complexity index is 659.